The van der Waals surface area contributed by atoms with Crippen LogP contribution in [0.3, 0.4) is 0 Å². The molecular weight excluding hydrogens is 460 g/mol. The summed E-state index contributed by atoms with van der Waals surface area (Å²) in [6.45, 7) is 2.17. The van der Waals surface area contributed by atoms with Gasteiger partial charge in [-0.25, -0.2) is 8.78 Å². The number of thiocarbonyl (C=S) groups is 1. The molecule has 1 nitrogen and oxygen atoms in total. The number of thiophene rings is 2. The van der Waals surface area contributed by atoms with Crippen molar-refractivity contribution in [3.63, 3.8) is 0 Å². The number of aliphatic imine (C=N–C) groups is 1. The number of hydrogen-bond acceptors (Lipinski definition) is 4. The van der Waals surface area contributed by atoms with Gasteiger partial charge in [0.25, 0.3) is 0 Å². The first-order valence-electron chi connectivity index (χ1n) is 9.79. The van der Waals surface area contributed by atoms with Crippen molar-refractivity contribution in [3.8, 4) is 23.7 Å². The molecule has 0 atom stereocenters. The SMILES string of the molecule is CCCc1ccc(C#Cc2cc3sc(C#Cc4cc(F)c(N=C=S)c(F)c4)cc3s2)cc1. The van der Waals surface area contributed by atoms with E-state index in [4.69, 9.17) is 0 Å². The number of nitrogens with zero attached hydrogens (tertiary/aromatic N) is 1. The third kappa shape index (κ3) is 5.19. The Labute approximate surface area is 198 Å². The van der Waals surface area contributed by atoms with Gasteiger partial charge < -0.3 is 0 Å². The first kappa shape index (κ1) is 22.1. The highest BCUT2D eigenvalue weighted by Gasteiger charge is 2.09. The maximum Gasteiger partial charge on any atom is 0.153 e. The van der Waals surface area contributed by atoms with Crippen molar-refractivity contribution in [1.29, 1.82) is 0 Å². The van der Waals surface area contributed by atoms with Crippen LogP contribution < -0.4 is 0 Å². The van der Waals surface area contributed by atoms with Gasteiger partial charge in [-0.1, -0.05) is 49.2 Å². The minimum Gasteiger partial charge on any atom is -0.204 e. The van der Waals surface area contributed by atoms with Crippen LogP contribution in [0.2, 0.25) is 0 Å². The number of halogens is 2. The van der Waals surface area contributed by atoms with Gasteiger partial charge >= 0.3 is 0 Å². The van der Waals surface area contributed by atoms with Gasteiger partial charge in [0, 0.05) is 20.5 Å². The zero-order valence-corrected chi connectivity index (χ0v) is 19.4. The fourth-order valence-electron chi connectivity index (χ4n) is 3.06. The van der Waals surface area contributed by atoms with E-state index in [0.29, 0.717) is 0 Å². The lowest BCUT2D eigenvalue weighted by atomic mass is 10.1. The second kappa shape index (κ2) is 10.0. The van der Waals surface area contributed by atoms with E-state index < -0.39 is 17.3 Å². The Morgan fingerprint density at radius 1 is 0.812 bits per heavy atom. The van der Waals surface area contributed by atoms with E-state index in [1.807, 2.05) is 17.3 Å². The zero-order chi connectivity index (χ0) is 22.5. The predicted octanol–water partition coefficient (Wildman–Crippen LogP) is 7.73. The molecule has 0 radical (unpaired) electrons. The van der Waals surface area contributed by atoms with Crippen molar-refractivity contribution in [3.05, 3.63) is 86.6 Å². The van der Waals surface area contributed by atoms with Gasteiger partial charge in [0.2, 0.25) is 0 Å². The second-order valence-electron chi connectivity index (χ2n) is 6.89. The summed E-state index contributed by atoms with van der Waals surface area (Å²) in [6.07, 6.45) is 2.21. The van der Waals surface area contributed by atoms with Crippen LogP contribution in [-0.4, -0.2) is 5.16 Å². The molecule has 4 rings (SSSR count). The van der Waals surface area contributed by atoms with Crippen molar-refractivity contribution in [2.75, 3.05) is 0 Å². The number of fused-ring (bicyclic) bond motifs is 1. The summed E-state index contributed by atoms with van der Waals surface area (Å²) in [5, 5.41) is 1.97. The fourth-order valence-corrected chi connectivity index (χ4v) is 5.25. The van der Waals surface area contributed by atoms with Crippen molar-refractivity contribution < 1.29 is 8.78 Å². The highest BCUT2D eigenvalue weighted by molar-refractivity contribution is 7.78. The van der Waals surface area contributed by atoms with Gasteiger partial charge in [0.1, 0.15) is 5.69 Å². The summed E-state index contributed by atoms with van der Waals surface area (Å²) >= 11 is 7.53. The highest BCUT2D eigenvalue weighted by Crippen LogP contribution is 2.32. The maximum atomic E-state index is 13.9. The van der Waals surface area contributed by atoms with Gasteiger partial charge in [0.05, 0.1) is 14.9 Å². The molecule has 2 aromatic carbocycles. The molecule has 4 aromatic rings. The van der Waals surface area contributed by atoms with E-state index in [0.717, 1.165) is 49.7 Å². The summed E-state index contributed by atoms with van der Waals surface area (Å²) in [6, 6.07) is 14.7. The third-order valence-electron chi connectivity index (χ3n) is 4.53. The molecular formula is C26H15F2NS3. The molecule has 0 aliphatic heterocycles. The summed E-state index contributed by atoms with van der Waals surface area (Å²) in [4.78, 5) is 5.21. The average molecular weight is 476 g/mol. The molecule has 0 saturated heterocycles. The van der Waals surface area contributed by atoms with Crippen LogP contribution >= 0.6 is 34.9 Å². The monoisotopic (exact) mass is 475 g/mol. The zero-order valence-electron chi connectivity index (χ0n) is 17.0. The van der Waals surface area contributed by atoms with Crippen LogP contribution in [-0.2, 0) is 6.42 Å². The quantitative estimate of drug-likeness (QED) is 0.168. The molecule has 6 heteroatoms. The molecule has 0 aliphatic rings. The maximum absolute atomic E-state index is 13.9. The van der Waals surface area contributed by atoms with Crippen LogP contribution in [0.15, 0.2) is 53.5 Å². The van der Waals surface area contributed by atoms with Crippen LogP contribution in [0.4, 0.5) is 14.5 Å². The number of rotatable bonds is 3. The molecule has 2 heterocycles. The summed E-state index contributed by atoms with van der Waals surface area (Å²) < 4.78 is 30.1. The van der Waals surface area contributed by atoms with Gasteiger partial charge in [-0.05, 0) is 60.6 Å². The standard InChI is InChI=1S/C26H15F2NS3/c1-2-3-17-4-6-18(7-5-17)8-10-20-14-24-25(31-20)15-21(32-24)11-9-19-12-22(27)26(29-16-30)23(28)13-19/h4-7,12-15H,2-3H2,1H3. The van der Waals surface area contributed by atoms with E-state index in [1.165, 1.54) is 16.9 Å². The molecule has 0 unspecified atom stereocenters. The summed E-state index contributed by atoms with van der Waals surface area (Å²) in [5.41, 5.74) is 2.10. The lowest BCUT2D eigenvalue weighted by molar-refractivity contribution is 0.587. The normalized spacial score (nSPS) is 10.1. The Bertz CT molecular complexity index is 1410. The summed E-state index contributed by atoms with van der Waals surface area (Å²) in [5.74, 6) is 10.6. The van der Waals surface area contributed by atoms with Crippen molar-refractivity contribution in [1.82, 2.24) is 0 Å². The highest BCUT2D eigenvalue weighted by atomic mass is 32.1. The van der Waals surface area contributed by atoms with Gasteiger partial charge in [-0.2, -0.15) is 4.99 Å². The lowest BCUT2D eigenvalue weighted by Crippen LogP contribution is -1.86. The molecule has 0 saturated carbocycles. The van der Waals surface area contributed by atoms with Gasteiger partial charge in [0.15, 0.2) is 11.6 Å². The van der Waals surface area contributed by atoms with E-state index in [1.54, 1.807) is 11.3 Å². The first-order valence-corrected chi connectivity index (χ1v) is 11.8. The Morgan fingerprint density at radius 2 is 1.38 bits per heavy atom. The predicted molar refractivity (Wildman–Crippen MR) is 133 cm³/mol. The van der Waals surface area contributed by atoms with Gasteiger partial charge in [-0.15, -0.1) is 22.7 Å². The van der Waals surface area contributed by atoms with E-state index in [-0.39, 0.29) is 5.56 Å². The molecule has 0 fully saturated rings. The second-order valence-corrected chi connectivity index (χ2v) is 9.24. The molecule has 0 amide bonds. The summed E-state index contributed by atoms with van der Waals surface area (Å²) in [7, 11) is 0. The van der Waals surface area contributed by atoms with Crippen LogP contribution in [0.5, 0.6) is 0 Å². The van der Waals surface area contributed by atoms with Gasteiger partial charge in [-0.3, -0.25) is 0 Å². The Balaban J connectivity index is 1.52. The lowest BCUT2D eigenvalue weighted by Gasteiger charge is -1.98. The van der Waals surface area contributed by atoms with Crippen LogP contribution in [0, 0.1) is 35.3 Å². The Hall–Kier alpha value is -3.12. The molecule has 32 heavy (non-hydrogen) atoms. The third-order valence-corrected chi connectivity index (χ3v) is 6.75. The van der Waals surface area contributed by atoms with Crippen molar-refractivity contribution in [2.24, 2.45) is 4.99 Å². The topological polar surface area (TPSA) is 12.4 Å². The van der Waals surface area contributed by atoms with Crippen molar-refractivity contribution in [2.45, 2.75) is 19.8 Å². The van der Waals surface area contributed by atoms with Crippen LogP contribution in [0.25, 0.3) is 9.40 Å². The van der Waals surface area contributed by atoms with E-state index in [2.05, 4.69) is 72.1 Å². The number of aryl methyl sites for hydroxylation is 1. The van der Waals surface area contributed by atoms with Crippen molar-refractivity contribution >= 4 is 55.1 Å². The number of isothiocyanates is 1. The fraction of sp³-hybridized carbons (Fsp3) is 0.115. The molecule has 0 aliphatic carbocycles. The minimum atomic E-state index is -0.818. The minimum absolute atomic E-state index is 0.233. The molecule has 0 N–H and O–H groups in total. The Morgan fingerprint density at radius 3 is 1.91 bits per heavy atom. The van der Waals surface area contributed by atoms with E-state index >= 15 is 0 Å². The average Bonchev–Trinajstić information content (AvgIpc) is 3.33. The van der Waals surface area contributed by atoms with E-state index in [9.17, 15) is 8.78 Å². The molecule has 0 bridgehead atoms. The number of hydrogen-bond donors (Lipinski definition) is 0. The Kier molecular flexibility index (Phi) is 6.90. The smallest absolute Gasteiger partial charge is 0.153 e. The molecule has 0 spiro atoms. The first-order chi connectivity index (χ1) is 15.6. The molecule has 156 valence electrons. The largest absolute Gasteiger partial charge is 0.204 e. The van der Waals surface area contributed by atoms with Crippen LogP contribution in [0.1, 0.15) is 39.8 Å². The molecule has 2 aromatic heterocycles. The number of benzene rings is 2.